The molecule has 0 radical (unpaired) electrons. The molecule has 0 amide bonds. The van der Waals surface area contributed by atoms with E-state index in [4.69, 9.17) is 9.47 Å². The maximum absolute atomic E-state index is 12.9. The van der Waals surface area contributed by atoms with Crippen LogP contribution >= 0.6 is 11.3 Å². The molecule has 0 aliphatic carbocycles. The third-order valence-corrected chi connectivity index (χ3v) is 5.17. The van der Waals surface area contributed by atoms with Gasteiger partial charge < -0.3 is 19.1 Å². The number of ether oxygens (including phenoxy) is 3. The highest BCUT2D eigenvalue weighted by molar-refractivity contribution is 7.09. The number of thiazole rings is 1. The minimum atomic E-state index is -2.97. The molecular formula is C25H28F2N2O4S. The van der Waals surface area contributed by atoms with E-state index < -0.39 is 18.2 Å². The van der Waals surface area contributed by atoms with E-state index in [9.17, 15) is 13.6 Å². The van der Waals surface area contributed by atoms with E-state index in [1.165, 1.54) is 17.4 Å². The summed E-state index contributed by atoms with van der Waals surface area (Å²) < 4.78 is 41.7. The van der Waals surface area contributed by atoms with Crippen LogP contribution in [0.1, 0.15) is 49.9 Å². The molecular weight excluding hydrogens is 462 g/mol. The van der Waals surface area contributed by atoms with E-state index in [0.717, 1.165) is 10.6 Å². The van der Waals surface area contributed by atoms with Gasteiger partial charge in [-0.1, -0.05) is 6.07 Å². The third-order valence-electron chi connectivity index (χ3n) is 4.41. The lowest BCUT2D eigenvalue weighted by Gasteiger charge is -2.26. The number of hydrogen-bond acceptors (Lipinski definition) is 7. The Labute approximate surface area is 202 Å². The molecule has 0 aliphatic heterocycles. The second kappa shape index (κ2) is 10.8. The van der Waals surface area contributed by atoms with Gasteiger partial charge in [0.1, 0.15) is 5.60 Å². The van der Waals surface area contributed by atoms with E-state index in [1.807, 2.05) is 31.7 Å². The van der Waals surface area contributed by atoms with E-state index in [0.29, 0.717) is 17.8 Å². The second-order valence-electron chi connectivity index (χ2n) is 8.78. The Kier molecular flexibility index (Phi) is 8.09. The van der Waals surface area contributed by atoms with Crippen molar-refractivity contribution in [1.82, 2.24) is 4.98 Å². The Balaban J connectivity index is 2.04. The number of hydrogen-bond donors (Lipinski definition) is 0. The largest absolute Gasteiger partial charge is 0.487 e. The molecule has 0 atom stereocenters. The number of esters is 1. The molecule has 0 spiro atoms. The van der Waals surface area contributed by atoms with E-state index in [-0.39, 0.29) is 17.6 Å². The fourth-order valence-corrected chi connectivity index (χ4v) is 3.73. The summed E-state index contributed by atoms with van der Waals surface area (Å²) in [5, 5.41) is 0. The zero-order valence-electron chi connectivity index (χ0n) is 19.7. The third kappa shape index (κ3) is 7.15. The summed E-state index contributed by atoms with van der Waals surface area (Å²) in [5.74, 6) is -0.283. The predicted molar refractivity (Wildman–Crippen MR) is 128 cm³/mol. The highest BCUT2D eigenvalue weighted by atomic mass is 32.1. The van der Waals surface area contributed by atoms with Gasteiger partial charge in [-0.3, -0.25) is 4.98 Å². The minimum Gasteiger partial charge on any atom is -0.487 e. The van der Waals surface area contributed by atoms with Gasteiger partial charge in [-0.25, -0.2) is 4.79 Å². The van der Waals surface area contributed by atoms with Gasteiger partial charge in [0.25, 0.3) is 0 Å². The molecule has 6 nitrogen and oxygen atoms in total. The van der Waals surface area contributed by atoms with E-state index in [2.05, 4.69) is 9.72 Å². The second-order valence-corrected chi connectivity index (χ2v) is 9.75. The van der Waals surface area contributed by atoms with Crippen LogP contribution < -0.4 is 14.4 Å². The lowest BCUT2D eigenvalue weighted by Crippen LogP contribution is -2.24. The van der Waals surface area contributed by atoms with Crippen molar-refractivity contribution in [2.45, 2.75) is 59.5 Å². The standard InChI is InChI=1S/C25H28F2N2O4S/c1-16(2)31-22-12-19(9-10-21(22)32-24(26)27)29(14-20-13-28-15-34-20)18-8-6-7-17(11-18)23(30)33-25(3,4)5/h6-13,15-16,24H,14H2,1-5H3. The molecule has 3 rings (SSSR count). The van der Waals surface area contributed by atoms with Crippen LogP contribution in [0.4, 0.5) is 20.2 Å². The number of rotatable bonds is 9. The lowest BCUT2D eigenvalue weighted by atomic mass is 10.1. The molecule has 0 aliphatic rings. The van der Waals surface area contributed by atoms with Crippen molar-refractivity contribution in [3.63, 3.8) is 0 Å². The van der Waals surface area contributed by atoms with Crippen molar-refractivity contribution in [3.8, 4) is 11.5 Å². The average Bonchev–Trinajstić information content (AvgIpc) is 3.25. The van der Waals surface area contributed by atoms with Crippen molar-refractivity contribution >= 4 is 28.7 Å². The number of anilines is 2. The smallest absolute Gasteiger partial charge is 0.387 e. The normalized spacial score (nSPS) is 11.6. The van der Waals surface area contributed by atoms with Crippen molar-refractivity contribution in [2.24, 2.45) is 0 Å². The van der Waals surface area contributed by atoms with Crippen molar-refractivity contribution in [3.05, 3.63) is 64.6 Å². The van der Waals surface area contributed by atoms with Crippen LogP contribution in [0.2, 0.25) is 0 Å². The Morgan fingerprint density at radius 3 is 2.41 bits per heavy atom. The Morgan fingerprint density at radius 2 is 1.79 bits per heavy atom. The number of halogens is 2. The summed E-state index contributed by atoms with van der Waals surface area (Å²) in [6.07, 6.45) is 1.51. The summed E-state index contributed by atoms with van der Waals surface area (Å²) >= 11 is 1.49. The van der Waals surface area contributed by atoms with Gasteiger partial charge in [0.05, 0.1) is 23.7 Å². The van der Waals surface area contributed by atoms with Gasteiger partial charge in [-0.2, -0.15) is 8.78 Å². The number of carbonyl (C=O) groups is 1. The Bertz CT molecular complexity index is 1100. The first-order valence-electron chi connectivity index (χ1n) is 10.8. The number of benzene rings is 2. The minimum absolute atomic E-state index is 0.0484. The first-order valence-corrected chi connectivity index (χ1v) is 11.6. The molecule has 2 aromatic carbocycles. The SMILES string of the molecule is CC(C)Oc1cc(N(Cc2cncs2)c2cccc(C(=O)OC(C)(C)C)c2)ccc1OC(F)F. The number of carbonyl (C=O) groups excluding carboxylic acids is 1. The fourth-order valence-electron chi connectivity index (χ4n) is 3.15. The van der Waals surface area contributed by atoms with Crippen LogP contribution in [-0.4, -0.2) is 29.3 Å². The molecule has 0 bridgehead atoms. The zero-order chi connectivity index (χ0) is 24.9. The topological polar surface area (TPSA) is 60.9 Å². The van der Waals surface area contributed by atoms with Gasteiger partial charge in [-0.15, -0.1) is 11.3 Å². The van der Waals surface area contributed by atoms with Crippen LogP contribution in [0.5, 0.6) is 11.5 Å². The molecule has 34 heavy (non-hydrogen) atoms. The molecule has 1 aromatic heterocycles. The zero-order valence-corrected chi connectivity index (χ0v) is 20.6. The van der Waals surface area contributed by atoms with Crippen molar-refractivity contribution < 1.29 is 27.8 Å². The number of nitrogens with zero attached hydrogens (tertiary/aromatic N) is 2. The first kappa shape index (κ1) is 25.4. The van der Waals surface area contributed by atoms with E-state index >= 15 is 0 Å². The maximum Gasteiger partial charge on any atom is 0.387 e. The molecule has 0 fully saturated rings. The van der Waals surface area contributed by atoms with Crippen LogP contribution in [0.25, 0.3) is 0 Å². The highest BCUT2D eigenvalue weighted by Gasteiger charge is 2.21. The molecule has 1 heterocycles. The molecule has 182 valence electrons. The number of alkyl halides is 2. The lowest BCUT2D eigenvalue weighted by molar-refractivity contribution is -0.0518. The predicted octanol–water partition coefficient (Wildman–Crippen LogP) is 6.83. The highest BCUT2D eigenvalue weighted by Crippen LogP contribution is 2.37. The summed E-state index contributed by atoms with van der Waals surface area (Å²) in [6, 6.07) is 11.8. The van der Waals surface area contributed by atoms with E-state index in [1.54, 1.807) is 55.9 Å². The quantitative estimate of drug-likeness (QED) is 0.307. The van der Waals surface area contributed by atoms with Gasteiger partial charge in [0, 0.05) is 28.5 Å². The fraction of sp³-hybridized carbons (Fsp3) is 0.360. The van der Waals surface area contributed by atoms with Crippen LogP contribution in [0, 0.1) is 0 Å². The summed E-state index contributed by atoms with van der Waals surface area (Å²) in [7, 11) is 0. The van der Waals surface area contributed by atoms with Crippen molar-refractivity contribution in [1.29, 1.82) is 0 Å². The van der Waals surface area contributed by atoms with Gasteiger partial charge in [-0.05, 0) is 65.0 Å². The Hall–Kier alpha value is -3.20. The van der Waals surface area contributed by atoms with Gasteiger partial charge >= 0.3 is 12.6 Å². The van der Waals surface area contributed by atoms with Crippen molar-refractivity contribution in [2.75, 3.05) is 4.90 Å². The Morgan fingerprint density at radius 1 is 1.06 bits per heavy atom. The number of aromatic nitrogens is 1. The van der Waals surface area contributed by atoms with Gasteiger partial charge in [0.15, 0.2) is 11.5 Å². The molecule has 0 unspecified atom stereocenters. The molecule has 0 saturated carbocycles. The average molecular weight is 491 g/mol. The summed E-state index contributed by atoms with van der Waals surface area (Å²) in [6.45, 7) is 6.51. The molecule has 9 heteroatoms. The molecule has 0 N–H and O–H groups in total. The summed E-state index contributed by atoms with van der Waals surface area (Å²) in [5.41, 5.74) is 2.90. The monoisotopic (exact) mass is 490 g/mol. The van der Waals surface area contributed by atoms with Gasteiger partial charge in [0.2, 0.25) is 0 Å². The van der Waals surface area contributed by atoms with Crippen LogP contribution in [0.3, 0.4) is 0 Å². The summed E-state index contributed by atoms with van der Waals surface area (Å²) in [4.78, 5) is 19.7. The first-order chi connectivity index (χ1) is 16.0. The molecule has 3 aromatic rings. The maximum atomic E-state index is 12.9. The molecule has 0 saturated heterocycles. The van der Waals surface area contributed by atoms with Crippen LogP contribution in [-0.2, 0) is 11.3 Å². The van der Waals surface area contributed by atoms with Crippen LogP contribution in [0.15, 0.2) is 54.2 Å².